The number of fused-ring (bicyclic) bond motifs is 2. The molecule has 0 bridgehead atoms. The topological polar surface area (TPSA) is 121 Å². The van der Waals surface area contributed by atoms with Gasteiger partial charge in [-0.15, -0.1) is 0 Å². The van der Waals surface area contributed by atoms with Gasteiger partial charge in [0, 0.05) is 49.3 Å². The Kier molecular flexibility index (Phi) is 4.52. The molecule has 0 unspecified atom stereocenters. The van der Waals surface area contributed by atoms with Gasteiger partial charge in [-0.05, 0) is 32.6 Å². The predicted molar refractivity (Wildman–Crippen MR) is 101 cm³/mol. The fourth-order valence-corrected chi connectivity index (χ4v) is 4.43. The van der Waals surface area contributed by atoms with Crippen molar-refractivity contribution >= 4 is 5.91 Å². The van der Waals surface area contributed by atoms with Crippen molar-refractivity contribution in [2.75, 3.05) is 13.1 Å². The van der Waals surface area contributed by atoms with E-state index in [0.717, 1.165) is 36.9 Å². The van der Waals surface area contributed by atoms with Crippen molar-refractivity contribution in [3.63, 3.8) is 0 Å². The number of carbonyl (C=O) groups is 1. The van der Waals surface area contributed by atoms with Gasteiger partial charge in [0.25, 0.3) is 11.1 Å². The van der Waals surface area contributed by atoms with E-state index in [1.807, 2.05) is 4.90 Å². The van der Waals surface area contributed by atoms with Crippen LogP contribution in [0, 0.1) is 6.92 Å². The number of carbonyl (C=O) groups excluding carboxylic acids is 1. The van der Waals surface area contributed by atoms with Gasteiger partial charge >= 0.3 is 5.69 Å². The summed E-state index contributed by atoms with van der Waals surface area (Å²) in [6.45, 7) is 3.26. The number of likely N-dealkylation sites (tertiary alicyclic amines) is 1. The summed E-state index contributed by atoms with van der Waals surface area (Å²) in [7, 11) is 0. The molecular weight excluding hydrogens is 362 g/mol. The molecule has 9 heteroatoms. The van der Waals surface area contributed by atoms with E-state index in [1.54, 1.807) is 6.92 Å². The number of aromatic amines is 2. The van der Waals surface area contributed by atoms with E-state index >= 15 is 0 Å². The summed E-state index contributed by atoms with van der Waals surface area (Å²) in [5.41, 5.74) is 0.606. The molecule has 4 rings (SSSR count). The second-order valence-corrected chi connectivity index (χ2v) is 7.69. The molecule has 0 atom stereocenters. The largest absolute Gasteiger partial charge is 0.343 e. The number of hydrogen-bond donors (Lipinski definition) is 2. The molecule has 1 spiro atoms. The molecule has 2 aromatic heterocycles. The molecule has 2 aliphatic rings. The minimum atomic E-state index is -0.507. The molecule has 3 heterocycles. The minimum Gasteiger partial charge on any atom is -0.343 e. The lowest BCUT2D eigenvalue weighted by molar-refractivity contribution is -0.133. The molecule has 1 fully saturated rings. The lowest BCUT2D eigenvalue weighted by Gasteiger charge is -2.39. The normalized spacial score (nSPS) is 17.7. The number of aryl methyl sites for hydroxylation is 2. The summed E-state index contributed by atoms with van der Waals surface area (Å²) in [5, 5.41) is 0. The molecule has 1 aliphatic carbocycles. The van der Waals surface area contributed by atoms with Crippen molar-refractivity contribution in [1.29, 1.82) is 0 Å². The SMILES string of the molecule is Cc1nc2c(c(=O)[nH]1)CCC21CCN(C(=O)CCn2ccc(=O)[nH]c2=O)CC1. The quantitative estimate of drug-likeness (QED) is 0.760. The molecule has 28 heavy (non-hydrogen) atoms. The van der Waals surface area contributed by atoms with Crippen molar-refractivity contribution in [1.82, 2.24) is 24.4 Å². The zero-order chi connectivity index (χ0) is 19.9. The van der Waals surface area contributed by atoms with Gasteiger partial charge in [0.2, 0.25) is 5.91 Å². The van der Waals surface area contributed by atoms with Crippen LogP contribution in [-0.4, -0.2) is 43.4 Å². The zero-order valence-electron chi connectivity index (χ0n) is 15.8. The standard InChI is InChI=1S/C19H23N5O4/c1-12-20-16-13(17(27)21-12)2-5-19(16)6-10-23(11-7-19)15(26)4-9-24-8-3-14(25)22-18(24)28/h3,8H,2,4-7,9-11H2,1H3,(H,20,21,27)(H,22,25,28). The second kappa shape index (κ2) is 6.88. The first-order valence-corrected chi connectivity index (χ1v) is 9.56. The lowest BCUT2D eigenvalue weighted by atomic mass is 9.76. The number of rotatable bonds is 3. The van der Waals surface area contributed by atoms with Crippen molar-refractivity contribution in [2.24, 2.45) is 0 Å². The third-order valence-electron chi connectivity index (χ3n) is 6.03. The summed E-state index contributed by atoms with van der Waals surface area (Å²) in [6, 6.07) is 1.27. The summed E-state index contributed by atoms with van der Waals surface area (Å²) >= 11 is 0. The van der Waals surface area contributed by atoms with Gasteiger partial charge in [-0.3, -0.25) is 19.4 Å². The van der Waals surface area contributed by atoms with Crippen LogP contribution < -0.4 is 16.8 Å². The van der Waals surface area contributed by atoms with Gasteiger partial charge in [-0.25, -0.2) is 9.78 Å². The lowest BCUT2D eigenvalue weighted by Crippen LogP contribution is -2.45. The number of nitrogens with one attached hydrogen (secondary N) is 2. The van der Waals surface area contributed by atoms with Gasteiger partial charge in [-0.1, -0.05) is 0 Å². The highest BCUT2D eigenvalue weighted by Crippen LogP contribution is 2.44. The summed E-state index contributed by atoms with van der Waals surface area (Å²) < 4.78 is 1.33. The van der Waals surface area contributed by atoms with E-state index in [4.69, 9.17) is 0 Å². The first-order valence-electron chi connectivity index (χ1n) is 9.56. The number of amides is 1. The Morgan fingerprint density at radius 3 is 2.64 bits per heavy atom. The Hall–Kier alpha value is -2.97. The van der Waals surface area contributed by atoms with Crippen molar-refractivity contribution in [3.8, 4) is 0 Å². The molecule has 2 N–H and O–H groups in total. The third-order valence-corrected chi connectivity index (χ3v) is 6.03. The molecule has 0 saturated carbocycles. The Morgan fingerprint density at radius 2 is 1.93 bits per heavy atom. The minimum absolute atomic E-state index is 0.0128. The van der Waals surface area contributed by atoms with Gasteiger partial charge in [0.1, 0.15) is 5.82 Å². The number of H-pyrrole nitrogens is 2. The van der Waals surface area contributed by atoms with E-state index in [9.17, 15) is 19.2 Å². The summed E-state index contributed by atoms with van der Waals surface area (Å²) in [4.78, 5) is 59.0. The Morgan fingerprint density at radius 1 is 1.18 bits per heavy atom. The fraction of sp³-hybridized carbons (Fsp3) is 0.526. The number of nitrogens with zero attached hydrogens (tertiary/aromatic N) is 3. The smallest absolute Gasteiger partial charge is 0.328 e. The van der Waals surface area contributed by atoms with Crippen LogP contribution >= 0.6 is 0 Å². The molecule has 9 nitrogen and oxygen atoms in total. The van der Waals surface area contributed by atoms with Crippen molar-refractivity contribution in [3.05, 3.63) is 60.5 Å². The fourth-order valence-electron chi connectivity index (χ4n) is 4.43. The van der Waals surface area contributed by atoms with Gasteiger partial charge in [0.05, 0.1) is 5.69 Å². The van der Waals surface area contributed by atoms with Gasteiger partial charge in [0.15, 0.2) is 0 Å². The first-order chi connectivity index (χ1) is 13.4. The molecule has 1 amide bonds. The number of aromatic nitrogens is 4. The first kappa shape index (κ1) is 18.4. The second-order valence-electron chi connectivity index (χ2n) is 7.69. The maximum absolute atomic E-state index is 12.6. The highest BCUT2D eigenvalue weighted by atomic mass is 16.2. The highest BCUT2D eigenvalue weighted by Gasteiger charge is 2.44. The molecule has 2 aromatic rings. The molecular formula is C19H23N5O4. The van der Waals surface area contributed by atoms with Crippen LogP contribution in [0.15, 0.2) is 26.6 Å². The van der Waals surface area contributed by atoms with Gasteiger partial charge in [-0.2, -0.15) is 0 Å². The van der Waals surface area contributed by atoms with Gasteiger partial charge < -0.3 is 14.5 Å². The molecule has 0 aromatic carbocycles. The third kappa shape index (κ3) is 3.21. The van der Waals surface area contributed by atoms with Crippen molar-refractivity contribution in [2.45, 2.75) is 51.0 Å². The summed E-state index contributed by atoms with van der Waals surface area (Å²) in [5.74, 6) is 0.621. The maximum Gasteiger partial charge on any atom is 0.328 e. The zero-order valence-corrected chi connectivity index (χ0v) is 15.8. The van der Waals surface area contributed by atoms with E-state index in [0.29, 0.717) is 18.9 Å². The monoisotopic (exact) mass is 385 g/mol. The Bertz CT molecular complexity index is 1090. The average Bonchev–Trinajstić information content (AvgIpc) is 3.00. The Labute approximate surface area is 160 Å². The summed E-state index contributed by atoms with van der Waals surface area (Å²) in [6.07, 6.45) is 4.82. The van der Waals surface area contributed by atoms with Crippen LogP contribution in [0.5, 0.6) is 0 Å². The number of piperidine rings is 1. The van der Waals surface area contributed by atoms with Crippen molar-refractivity contribution < 1.29 is 4.79 Å². The van der Waals surface area contributed by atoms with Crippen LogP contribution in [0.1, 0.15) is 42.8 Å². The molecule has 148 valence electrons. The molecule has 0 radical (unpaired) electrons. The van der Waals surface area contributed by atoms with Crippen LogP contribution in [0.2, 0.25) is 0 Å². The molecule has 1 aliphatic heterocycles. The highest BCUT2D eigenvalue weighted by molar-refractivity contribution is 5.76. The Balaban J connectivity index is 1.41. The maximum atomic E-state index is 12.6. The van der Waals surface area contributed by atoms with E-state index < -0.39 is 11.2 Å². The average molecular weight is 385 g/mol. The number of hydrogen-bond acceptors (Lipinski definition) is 5. The van der Waals surface area contributed by atoms with E-state index in [-0.39, 0.29) is 29.8 Å². The predicted octanol–water partition coefficient (Wildman–Crippen LogP) is -0.175. The van der Waals surface area contributed by atoms with Crippen LogP contribution in [0.4, 0.5) is 0 Å². The van der Waals surface area contributed by atoms with Crippen LogP contribution in [0.3, 0.4) is 0 Å². The molecule has 1 saturated heterocycles. The van der Waals surface area contributed by atoms with Crippen LogP contribution in [-0.2, 0) is 23.2 Å². The van der Waals surface area contributed by atoms with E-state index in [2.05, 4.69) is 15.0 Å². The van der Waals surface area contributed by atoms with Crippen LogP contribution in [0.25, 0.3) is 0 Å². The van der Waals surface area contributed by atoms with E-state index in [1.165, 1.54) is 16.8 Å².